The lowest BCUT2D eigenvalue weighted by Crippen LogP contribution is -2.44. The van der Waals surface area contributed by atoms with Crippen LogP contribution in [-0.2, 0) is 16.1 Å². The van der Waals surface area contributed by atoms with Gasteiger partial charge in [0.25, 0.3) is 0 Å². The number of rotatable bonds is 7. The third-order valence-electron chi connectivity index (χ3n) is 4.62. The lowest BCUT2D eigenvalue weighted by Gasteiger charge is -2.16. The number of aliphatic imine (C=N–C) groups is 1. The maximum Gasteiger partial charge on any atom is 0.241 e. The summed E-state index contributed by atoms with van der Waals surface area (Å²) in [5, 5.41) is 10.8. The van der Waals surface area contributed by atoms with Gasteiger partial charge in [-0.25, -0.2) is 14.1 Å². The molecule has 164 valence electrons. The molecule has 2 aromatic rings. The topological polar surface area (TPSA) is 83.8 Å². The van der Waals surface area contributed by atoms with Gasteiger partial charge in [0.05, 0.1) is 31.1 Å². The van der Waals surface area contributed by atoms with E-state index in [1.807, 2.05) is 12.3 Å². The molecule has 1 amide bonds. The highest BCUT2D eigenvalue weighted by molar-refractivity contribution is 14.0. The van der Waals surface area contributed by atoms with Crippen molar-refractivity contribution in [2.24, 2.45) is 10.9 Å². The third-order valence-corrected chi connectivity index (χ3v) is 4.62. The highest BCUT2D eigenvalue weighted by Crippen LogP contribution is 2.11. The van der Waals surface area contributed by atoms with Gasteiger partial charge in [0.2, 0.25) is 5.91 Å². The molecule has 2 heterocycles. The number of hydrogen-bond acceptors (Lipinski definition) is 4. The Morgan fingerprint density at radius 3 is 2.73 bits per heavy atom. The van der Waals surface area contributed by atoms with Crippen molar-refractivity contribution in [1.29, 1.82) is 0 Å². The molecule has 10 heteroatoms. The Morgan fingerprint density at radius 1 is 1.30 bits per heavy atom. The molecule has 0 bridgehead atoms. The van der Waals surface area contributed by atoms with Gasteiger partial charge in [-0.2, -0.15) is 5.10 Å². The number of likely N-dealkylation sites (N-methyl/N-ethyl adjacent to an activating group) is 1. The molecule has 1 aliphatic rings. The molecule has 0 aliphatic carbocycles. The van der Waals surface area contributed by atoms with Crippen LogP contribution in [-0.4, -0.2) is 66.9 Å². The van der Waals surface area contributed by atoms with Crippen LogP contribution in [0.2, 0.25) is 0 Å². The van der Waals surface area contributed by atoms with E-state index in [0.29, 0.717) is 18.4 Å². The van der Waals surface area contributed by atoms with Gasteiger partial charge in [0.1, 0.15) is 5.82 Å². The molecule has 1 atom stereocenters. The number of benzene rings is 1. The SMILES string of the molecule is CN(C)C(=O)CNC(=NCc1ccn(-c2ccc(F)cc2)n1)NCC1CCOC1.I. The number of amides is 1. The number of aromatic nitrogens is 2. The summed E-state index contributed by atoms with van der Waals surface area (Å²) in [6.07, 6.45) is 2.82. The van der Waals surface area contributed by atoms with Crippen LogP contribution in [0.25, 0.3) is 5.69 Å². The van der Waals surface area contributed by atoms with Crippen LogP contribution in [0.5, 0.6) is 0 Å². The quantitative estimate of drug-likeness (QED) is 0.324. The Kier molecular flexibility index (Phi) is 9.50. The first kappa shape index (κ1) is 24.1. The van der Waals surface area contributed by atoms with Crippen molar-refractivity contribution in [1.82, 2.24) is 25.3 Å². The summed E-state index contributed by atoms with van der Waals surface area (Å²) in [5.74, 6) is 0.671. The van der Waals surface area contributed by atoms with Gasteiger partial charge >= 0.3 is 0 Å². The van der Waals surface area contributed by atoms with E-state index in [0.717, 1.165) is 37.6 Å². The van der Waals surface area contributed by atoms with Crippen molar-refractivity contribution in [3.05, 3.63) is 48.0 Å². The fourth-order valence-electron chi connectivity index (χ4n) is 2.82. The van der Waals surface area contributed by atoms with Gasteiger partial charge in [-0.15, -0.1) is 24.0 Å². The van der Waals surface area contributed by atoms with Gasteiger partial charge in [-0.1, -0.05) is 0 Å². The summed E-state index contributed by atoms with van der Waals surface area (Å²) >= 11 is 0. The fourth-order valence-corrected chi connectivity index (χ4v) is 2.82. The second-order valence-corrected chi connectivity index (χ2v) is 7.15. The van der Waals surface area contributed by atoms with E-state index in [2.05, 4.69) is 20.7 Å². The minimum absolute atomic E-state index is 0. The highest BCUT2D eigenvalue weighted by Gasteiger charge is 2.16. The Balaban J connectivity index is 0.00000320. The van der Waals surface area contributed by atoms with E-state index in [4.69, 9.17) is 4.74 Å². The van der Waals surface area contributed by atoms with Crippen molar-refractivity contribution < 1.29 is 13.9 Å². The van der Waals surface area contributed by atoms with Gasteiger partial charge in [0.15, 0.2) is 5.96 Å². The number of guanidine groups is 1. The number of hydrogen-bond donors (Lipinski definition) is 2. The van der Waals surface area contributed by atoms with Crippen molar-refractivity contribution in [2.75, 3.05) is 40.4 Å². The smallest absolute Gasteiger partial charge is 0.241 e. The third kappa shape index (κ3) is 7.24. The summed E-state index contributed by atoms with van der Waals surface area (Å²) < 4.78 is 20.2. The Hall–Kier alpha value is -2.21. The number of halogens is 2. The van der Waals surface area contributed by atoms with Crippen LogP contribution < -0.4 is 10.6 Å². The van der Waals surface area contributed by atoms with E-state index in [9.17, 15) is 9.18 Å². The number of carbonyl (C=O) groups excluding carboxylic acids is 1. The number of carbonyl (C=O) groups is 1. The van der Waals surface area contributed by atoms with Gasteiger partial charge in [-0.3, -0.25) is 4.79 Å². The van der Waals surface area contributed by atoms with Crippen LogP contribution in [0.4, 0.5) is 4.39 Å². The zero-order valence-electron chi connectivity index (χ0n) is 17.2. The summed E-state index contributed by atoms with van der Waals surface area (Å²) in [7, 11) is 3.43. The normalized spacial score (nSPS) is 16.1. The largest absolute Gasteiger partial charge is 0.381 e. The van der Waals surface area contributed by atoms with Crippen molar-refractivity contribution in [3.63, 3.8) is 0 Å². The molecule has 0 radical (unpaired) electrons. The fraction of sp³-hybridized carbons (Fsp3) is 0.450. The minimum atomic E-state index is -0.285. The van der Waals surface area contributed by atoms with Gasteiger partial charge in [-0.05, 0) is 36.8 Å². The number of ether oxygens (including phenoxy) is 1. The second-order valence-electron chi connectivity index (χ2n) is 7.15. The van der Waals surface area contributed by atoms with Gasteiger partial charge in [0, 0.05) is 39.4 Å². The van der Waals surface area contributed by atoms with Crippen LogP contribution in [0.3, 0.4) is 0 Å². The van der Waals surface area contributed by atoms with Gasteiger partial charge < -0.3 is 20.3 Å². The Morgan fingerprint density at radius 2 is 2.07 bits per heavy atom. The molecule has 1 aliphatic heterocycles. The molecule has 3 rings (SSSR count). The molecule has 1 saturated heterocycles. The van der Waals surface area contributed by atoms with E-state index in [-0.39, 0.29) is 42.2 Å². The van der Waals surface area contributed by atoms with Crippen molar-refractivity contribution >= 4 is 35.8 Å². The van der Waals surface area contributed by atoms with Crippen LogP contribution in [0.1, 0.15) is 12.1 Å². The first-order valence-electron chi connectivity index (χ1n) is 9.62. The van der Waals surface area contributed by atoms with Crippen molar-refractivity contribution in [2.45, 2.75) is 13.0 Å². The second kappa shape index (κ2) is 11.8. The Labute approximate surface area is 192 Å². The molecule has 1 aromatic heterocycles. The van der Waals surface area contributed by atoms with Crippen LogP contribution >= 0.6 is 24.0 Å². The lowest BCUT2D eigenvalue weighted by atomic mass is 10.1. The molecule has 2 N–H and O–H groups in total. The maximum atomic E-state index is 13.1. The predicted octanol–water partition coefficient (Wildman–Crippen LogP) is 1.79. The zero-order valence-corrected chi connectivity index (χ0v) is 19.5. The standard InChI is InChI=1S/C20H27FN6O2.HI/c1-26(2)19(28)13-24-20(22-11-15-8-10-29-14-15)23-12-17-7-9-27(25-17)18-5-3-16(21)4-6-18;/h3-7,9,15H,8,10-14H2,1-2H3,(H2,22,23,24);1H. The Bertz CT molecular complexity index is 834. The van der Waals surface area contributed by atoms with Crippen LogP contribution in [0, 0.1) is 11.7 Å². The first-order chi connectivity index (χ1) is 14.0. The van der Waals surface area contributed by atoms with E-state index < -0.39 is 0 Å². The number of nitrogens with zero attached hydrogens (tertiary/aromatic N) is 4. The number of nitrogens with one attached hydrogen (secondary N) is 2. The molecule has 1 unspecified atom stereocenters. The average molecular weight is 530 g/mol. The van der Waals surface area contributed by atoms with E-state index in [1.165, 1.54) is 17.0 Å². The zero-order chi connectivity index (χ0) is 20.6. The molecule has 1 fully saturated rings. The van der Waals surface area contributed by atoms with Crippen molar-refractivity contribution in [3.8, 4) is 5.69 Å². The molecule has 0 spiro atoms. The highest BCUT2D eigenvalue weighted by atomic mass is 127. The monoisotopic (exact) mass is 530 g/mol. The maximum absolute atomic E-state index is 13.1. The minimum Gasteiger partial charge on any atom is -0.381 e. The molecule has 30 heavy (non-hydrogen) atoms. The molecule has 8 nitrogen and oxygen atoms in total. The van der Waals surface area contributed by atoms with Crippen LogP contribution in [0.15, 0.2) is 41.5 Å². The summed E-state index contributed by atoms with van der Waals surface area (Å²) in [6.45, 7) is 2.75. The molecule has 1 aromatic carbocycles. The molecular formula is C20H28FIN6O2. The summed E-state index contributed by atoms with van der Waals surface area (Å²) in [6, 6.07) is 7.99. The summed E-state index contributed by atoms with van der Waals surface area (Å²) in [5.41, 5.74) is 1.54. The van der Waals surface area contributed by atoms with E-state index in [1.54, 1.807) is 30.9 Å². The summed E-state index contributed by atoms with van der Waals surface area (Å²) in [4.78, 5) is 18.0. The first-order valence-corrected chi connectivity index (χ1v) is 9.62. The predicted molar refractivity (Wildman–Crippen MR) is 124 cm³/mol. The molecule has 0 saturated carbocycles. The average Bonchev–Trinajstić information content (AvgIpc) is 3.39. The lowest BCUT2D eigenvalue weighted by molar-refractivity contribution is -0.127. The van der Waals surface area contributed by atoms with E-state index >= 15 is 0 Å². The molecular weight excluding hydrogens is 502 g/mol.